The van der Waals surface area contributed by atoms with E-state index >= 15 is 0 Å². The number of non-ortho nitro benzene ring substituents is 1. The van der Waals surface area contributed by atoms with Crippen LogP contribution in [-0.4, -0.2) is 24.0 Å². The van der Waals surface area contributed by atoms with E-state index < -0.39 is 4.92 Å². The van der Waals surface area contributed by atoms with Gasteiger partial charge in [-0.25, -0.2) is 0 Å². The van der Waals surface area contributed by atoms with E-state index in [9.17, 15) is 14.9 Å². The monoisotopic (exact) mass is 440 g/mol. The Balaban J connectivity index is 1.91. The third-order valence-corrected chi connectivity index (χ3v) is 4.20. The van der Waals surface area contributed by atoms with Gasteiger partial charge in [0.2, 0.25) is 0 Å². The van der Waals surface area contributed by atoms with Crippen molar-refractivity contribution in [3.63, 3.8) is 0 Å². The molecule has 0 saturated heterocycles. The normalized spacial score (nSPS) is 10.3. The summed E-state index contributed by atoms with van der Waals surface area (Å²) in [5.41, 5.74) is 2.41. The first-order valence-corrected chi connectivity index (χ1v) is 8.38. The number of nitro groups is 1. The van der Waals surface area contributed by atoms with E-state index in [1.54, 1.807) is 6.07 Å². The van der Waals surface area contributed by atoms with Crippen LogP contribution in [0.15, 0.2) is 36.4 Å². The topological polar surface area (TPSA) is 81.5 Å². The second-order valence-corrected chi connectivity index (χ2v) is 6.51. The lowest BCUT2D eigenvalue weighted by Gasteiger charge is -2.10. The van der Waals surface area contributed by atoms with Crippen LogP contribution in [0.25, 0.3) is 0 Å². The van der Waals surface area contributed by atoms with Crippen molar-refractivity contribution in [3.05, 3.63) is 66.8 Å². The number of halogens is 1. The number of aryl methyl sites for hydroxylation is 2. The summed E-state index contributed by atoms with van der Waals surface area (Å²) in [4.78, 5) is 22.5. The number of hydrogen-bond donors (Lipinski definition) is 1. The standard InChI is InChI=1S/C17H17IN2O4/c1-11-7-12(2)9-14(8-11)24-6-5-19-17(21)15-10-13(20(22)23)3-4-16(15)18/h3-4,7-10H,5-6H2,1-2H3,(H,19,21). The molecule has 0 saturated carbocycles. The van der Waals surface area contributed by atoms with Crippen LogP contribution in [0.4, 0.5) is 5.69 Å². The molecule has 2 rings (SSSR count). The van der Waals surface area contributed by atoms with Crippen molar-refractivity contribution in [2.45, 2.75) is 13.8 Å². The van der Waals surface area contributed by atoms with Crippen molar-refractivity contribution < 1.29 is 14.5 Å². The number of nitrogens with one attached hydrogen (secondary N) is 1. The highest BCUT2D eigenvalue weighted by Crippen LogP contribution is 2.19. The lowest BCUT2D eigenvalue weighted by atomic mass is 10.1. The Hall–Kier alpha value is -2.16. The molecule has 0 bridgehead atoms. The van der Waals surface area contributed by atoms with Gasteiger partial charge in [0.1, 0.15) is 12.4 Å². The Morgan fingerprint density at radius 2 is 1.88 bits per heavy atom. The molecule has 0 radical (unpaired) electrons. The SMILES string of the molecule is Cc1cc(C)cc(OCCNC(=O)c2cc([N+](=O)[O-])ccc2I)c1. The van der Waals surface area contributed by atoms with Crippen molar-refractivity contribution >= 4 is 34.2 Å². The van der Waals surface area contributed by atoms with Crippen molar-refractivity contribution in [2.24, 2.45) is 0 Å². The molecule has 0 fully saturated rings. The third-order valence-electron chi connectivity index (χ3n) is 3.26. The number of amides is 1. The average Bonchev–Trinajstić information content (AvgIpc) is 2.50. The van der Waals surface area contributed by atoms with E-state index in [1.165, 1.54) is 12.1 Å². The summed E-state index contributed by atoms with van der Waals surface area (Å²) in [6.07, 6.45) is 0. The van der Waals surface area contributed by atoms with Crippen LogP contribution >= 0.6 is 22.6 Å². The molecule has 0 unspecified atom stereocenters. The second kappa shape index (κ2) is 8.09. The molecule has 0 heterocycles. The maximum absolute atomic E-state index is 12.2. The van der Waals surface area contributed by atoms with Crippen molar-refractivity contribution in [1.82, 2.24) is 5.32 Å². The molecule has 0 aromatic heterocycles. The highest BCUT2D eigenvalue weighted by atomic mass is 127. The first-order chi connectivity index (χ1) is 11.4. The Kier molecular flexibility index (Phi) is 6.13. The zero-order chi connectivity index (χ0) is 17.7. The fraction of sp³-hybridized carbons (Fsp3) is 0.235. The number of benzene rings is 2. The number of carbonyl (C=O) groups excluding carboxylic acids is 1. The summed E-state index contributed by atoms with van der Waals surface area (Å²) in [7, 11) is 0. The molecular weight excluding hydrogens is 423 g/mol. The predicted molar refractivity (Wildman–Crippen MR) is 99.6 cm³/mol. The van der Waals surface area contributed by atoms with Gasteiger partial charge >= 0.3 is 0 Å². The molecule has 6 nitrogen and oxygen atoms in total. The first kappa shape index (κ1) is 18.2. The molecule has 7 heteroatoms. The average molecular weight is 440 g/mol. The van der Waals surface area contributed by atoms with E-state index in [4.69, 9.17) is 4.74 Å². The zero-order valence-electron chi connectivity index (χ0n) is 13.3. The summed E-state index contributed by atoms with van der Waals surface area (Å²) in [6, 6.07) is 10.1. The lowest BCUT2D eigenvalue weighted by molar-refractivity contribution is -0.384. The van der Waals surface area contributed by atoms with Crippen LogP contribution in [-0.2, 0) is 0 Å². The summed E-state index contributed by atoms with van der Waals surface area (Å²) in [6.45, 7) is 4.61. The highest BCUT2D eigenvalue weighted by molar-refractivity contribution is 14.1. The predicted octanol–water partition coefficient (Wildman–Crippen LogP) is 3.63. The fourth-order valence-electron chi connectivity index (χ4n) is 2.25. The number of hydrogen-bond acceptors (Lipinski definition) is 4. The minimum atomic E-state index is -0.518. The van der Waals surface area contributed by atoms with Gasteiger partial charge in [-0.3, -0.25) is 14.9 Å². The van der Waals surface area contributed by atoms with Crippen molar-refractivity contribution in [1.29, 1.82) is 0 Å². The quantitative estimate of drug-likeness (QED) is 0.322. The molecule has 1 N–H and O–H groups in total. The number of nitrogens with zero attached hydrogens (tertiary/aromatic N) is 1. The Labute approximate surface area is 153 Å². The molecule has 2 aromatic rings. The van der Waals surface area contributed by atoms with Gasteiger partial charge in [-0.15, -0.1) is 0 Å². The molecule has 0 atom stereocenters. The van der Waals surface area contributed by atoms with E-state index in [0.29, 0.717) is 16.7 Å². The van der Waals surface area contributed by atoms with E-state index in [-0.39, 0.29) is 17.2 Å². The molecule has 0 aliphatic rings. The Bertz CT molecular complexity index is 757. The minimum Gasteiger partial charge on any atom is -0.492 e. The van der Waals surface area contributed by atoms with Crippen LogP contribution in [0.3, 0.4) is 0 Å². The first-order valence-electron chi connectivity index (χ1n) is 7.30. The van der Waals surface area contributed by atoms with Crippen LogP contribution in [0.2, 0.25) is 0 Å². The van der Waals surface area contributed by atoms with Gasteiger partial charge in [-0.1, -0.05) is 6.07 Å². The number of carbonyl (C=O) groups is 1. The Morgan fingerprint density at radius 1 is 1.21 bits per heavy atom. The number of nitro benzene ring substituents is 1. The number of ether oxygens (including phenoxy) is 1. The second-order valence-electron chi connectivity index (χ2n) is 5.35. The minimum absolute atomic E-state index is 0.105. The van der Waals surface area contributed by atoms with Gasteiger partial charge in [0, 0.05) is 15.7 Å². The molecule has 1 amide bonds. The van der Waals surface area contributed by atoms with Gasteiger partial charge in [-0.05, 0) is 65.8 Å². The molecular formula is C17H17IN2O4. The van der Waals surface area contributed by atoms with Gasteiger partial charge in [0.05, 0.1) is 17.0 Å². The lowest BCUT2D eigenvalue weighted by Crippen LogP contribution is -2.28. The number of rotatable bonds is 6. The van der Waals surface area contributed by atoms with Crippen LogP contribution < -0.4 is 10.1 Å². The van der Waals surface area contributed by atoms with E-state index in [0.717, 1.165) is 16.9 Å². The highest BCUT2D eigenvalue weighted by Gasteiger charge is 2.15. The maximum Gasteiger partial charge on any atom is 0.270 e. The molecule has 0 aliphatic heterocycles. The van der Waals surface area contributed by atoms with Crippen molar-refractivity contribution in [3.8, 4) is 5.75 Å². The summed E-state index contributed by atoms with van der Waals surface area (Å²) < 4.78 is 6.28. The molecule has 24 heavy (non-hydrogen) atoms. The summed E-state index contributed by atoms with van der Waals surface area (Å²) in [5.74, 6) is 0.402. The molecule has 126 valence electrons. The molecule has 0 spiro atoms. The summed E-state index contributed by atoms with van der Waals surface area (Å²) in [5, 5.41) is 13.5. The molecule has 0 aliphatic carbocycles. The van der Waals surface area contributed by atoms with Gasteiger partial charge in [-0.2, -0.15) is 0 Å². The van der Waals surface area contributed by atoms with E-state index in [1.807, 2.05) is 48.6 Å². The largest absolute Gasteiger partial charge is 0.492 e. The van der Waals surface area contributed by atoms with E-state index in [2.05, 4.69) is 11.4 Å². The Morgan fingerprint density at radius 3 is 2.50 bits per heavy atom. The molecule has 2 aromatic carbocycles. The van der Waals surface area contributed by atoms with Gasteiger partial charge < -0.3 is 10.1 Å². The third kappa shape index (κ3) is 4.92. The maximum atomic E-state index is 12.2. The van der Waals surface area contributed by atoms with Gasteiger partial charge in [0.25, 0.3) is 11.6 Å². The zero-order valence-corrected chi connectivity index (χ0v) is 15.5. The summed E-state index contributed by atoms with van der Waals surface area (Å²) >= 11 is 1.98. The van der Waals surface area contributed by atoms with Crippen LogP contribution in [0.5, 0.6) is 5.75 Å². The van der Waals surface area contributed by atoms with Crippen LogP contribution in [0, 0.1) is 27.5 Å². The smallest absolute Gasteiger partial charge is 0.270 e. The fourth-order valence-corrected chi connectivity index (χ4v) is 2.83. The van der Waals surface area contributed by atoms with Crippen LogP contribution in [0.1, 0.15) is 21.5 Å². The van der Waals surface area contributed by atoms with Gasteiger partial charge in [0.15, 0.2) is 0 Å². The van der Waals surface area contributed by atoms with Crippen molar-refractivity contribution in [2.75, 3.05) is 13.2 Å².